The minimum Gasteiger partial charge on any atom is -0.185 e. The van der Waals surface area contributed by atoms with E-state index in [0.717, 1.165) is 5.57 Å². The molecular weight excluding hydrogens is 130 g/mol. The van der Waals surface area contributed by atoms with E-state index in [1.54, 1.807) is 0 Å². The van der Waals surface area contributed by atoms with Crippen molar-refractivity contribution in [1.82, 2.24) is 0 Å². The molecule has 0 amide bonds. The third-order valence-electron chi connectivity index (χ3n) is 0.765. The average molecular weight is 137 g/mol. The SMILES string of the molecule is C#C/C(C)=C/CSC#N. The molecule has 0 bridgehead atoms. The largest absolute Gasteiger partial charge is 0.185 e. The number of allylic oxidation sites excluding steroid dienone is 1. The van der Waals surface area contributed by atoms with Gasteiger partial charge in [-0.1, -0.05) is 12.0 Å². The van der Waals surface area contributed by atoms with Gasteiger partial charge >= 0.3 is 0 Å². The molecule has 0 aromatic heterocycles. The molecule has 0 saturated heterocycles. The minimum atomic E-state index is 0.687. The number of thioether (sulfide) groups is 1. The summed E-state index contributed by atoms with van der Waals surface area (Å²) in [6, 6.07) is 0. The van der Waals surface area contributed by atoms with Crippen molar-refractivity contribution in [1.29, 1.82) is 5.26 Å². The topological polar surface area (TPSA) is 23.8 Å². The van der Waals surface area contributed by atoms with Crippen LogP contribution < -0.4 is 0 Å². The first-order valence-corrected chi connectivity index (χ1v) is 3.44. The monoisotopic (exact) mass is 137 g/mol. The molecule has 0 N–H and O–H groups in total. The van der Waals surface area contributed by atoms with E-state index in [1.807, 2.05) is 18.4 Å². The highest BCUT2D eigenvalue weighted by Crippen LogP contribution is 1.98. The maximum Gasteiger partial charge on any atom is 0.133 e. The molecule has 0 atom stereocenters. The Morgan fingerprint density at radius 2 is 2.56 bits per heavy atom. The maximum atomic E-state index is 8.08. The van der Waals surface area contributed by atoms with Crippen molar-refractivity contribution in [3.8, 4) is 17.7 Å². The van der Waals surface area contributed by atoms with Crippen molar-refractivity contribution in [2.45, 2.75) is 6.92 Å². The molecule has 0 unspecified atom stereocenters. The van der Waals surface area contributed by atoms with Crippen LogP contribution in [-0.2, 0) is 0 Å². The lowest BCUT2D eigenvalue weighted by Crippen LogP contribution is -1.70. The first-order chi connectivity index (χ1) is 4.31. The van der Waals surface area contributed by atoms with Crippen LogP contribution in [0.5, 0.6) is 0 Å². The van der Waals surface area contributed by atoms with Gasteiger partial charge in [0.25, 0.3) is 0 Å². The lowest BCUT2D eigenvalue weighted by atomic mass is 10.3. The lowest BCUT2D eigenvalue weighted by Gasteiger charge is -1.83. The van der Waals surface area contributed by atoms with Gasteiger partial charge in [0.1, 0.15) is 5.40 Å². The molecule has 0 rings (SSSR count). The van der Waals surface area contributed by atoms with E-state index in [4.69, 9.17) is 11.7 Å². The summed E-state index contributed by atoms with van der Waals surface area (Å²) in [6.07, 6.45) is 6.90. The summed E-state index contributed by atoms with van der Waals surface area (Å²) in [5.41, 5.74) is 0.887. The minimum absolute atomic E-state index is 0.687. The van der Waals surface area contributed by atoms with Crippen LogP contribution in [0.25, 0.3) is 0 Å². The summed E-state index contributed by atoms with van der Waals surface area (Å²) in [5, 5.41) is 10.0. The van der Waals surface area contributed by atoms with E-state index < -0.39 is 0 Å². The maximum absolute atomic E-state index is 8.08. The first-order valence-electron chi connectivity index (χ1n) is 2.45. The highest BCUT2D eigenvalue weighted by atomic mass is 32.2. The molecule has 0 heterocycles. The van der Waals surface area contributed by atoms with Crippen LogP contribution in [0, 0.1) is 23.0 Å². The Bertz CT molecular complexity index is 180. The molecule has 1 nitrogen and oxygen atoms in total. The Morgan fingerprint density at radius 3 is 3.00 bits per heavy atom. The van der Waals surface area contributed by atoms with E-state index in [9.17, 15) is 0 Å². The zero-order valence-corrected chi connectivity index (χ0v) is 6.03. The van der Waals surface area contributed by atoms with E-state index in [0.29, 0.717) is 5.75 Å². The fourth-order valence-corrected chi connectivity index (χ4v) is 0.671. The molecular formula is C7H7NS. The molecule has 9 heavy (non-hydrogen) atoms. The second kappa shape index (κ2) is 5.28. The molecule has 0 aromatic rings. The van der Waals surface area contributed by atoms with Crippen LogP contribution in [-0.4, -0.2) is 5.75 Å². The normalized spacial score (nSPS) is 9.89. The van der Waals surface area contributed by atoms with Crippen molar-refractivity contribution in [3.63, 3.8) is 0 Å². The van der Waals surface area contributed by atoms with Crippen LogP contribution in [0.4, 0.5) is 0 Å². The predicted molar refractivity (Wildman–Crippen MR) is 40.7 cm³/mol. The number of terminal acetylenes is 1. The number of rotatable bonds is 2. The number of nitrogens with zero attached hydrogens (tertiary/aromatic N) is 1. The summed E-state index contributed by atoms with van der Waals surface area (Å²) in [7, 11) is 0. The third-order valence-corrected chi connectivity index (χ3v) is 1.23. The molecule has 2 heteroatoms. The summed E-state index contributed by atoms with van der Waals surface area (Å²) in [5.74, 6) is 3.15. The zero-order chi connectivity index (χ0) is 7.11. The van der Waals surface area contributed by atoms with Gasteiger partial charge in [0, 0.05) is 5.75 Å². The molecule has 0 aromatic carbocycles. The van der Waals surface area contributed by atoms with Crippen molar-refractivity contribution < 1.29 is 0 Å². The molecule has 0 aliphatic carbocycles. The van der Waals surface area contributed by atoms with Gasteiger partial charge in [-0.05, 0) is 24.3 Å². The highest BCUT2D eigenvalue weighted by molar-refractivity contribution is 8.03. The van der Waals surface area contributed by atoms with Gasteiger partial charge in [0.2, 0.25) is 0 Å². The molecule has 46 valence electrons. The van der Waals surface area contributed by atoms with E-state index in [-0.39, 0.29) is 0 Å². The number of hydrogen-bond donors (Lipinski definition) is 0. The quantitative estimate of drug-likeness (QED) is 0.329. The van der Waals surface area contributed by atoms with Crippen LogP contribution >= 0.6 is 11.8 Å². The summed E-state index contributed by atoms with van der Waals surface area (Å²) in [6.45, 7) is 1.85. The second-order valence-corrected chi connectivity index (χ2v) is 2.24. The third kappa shape index (κ3) is 5.00. The lowest BCUT2D eigenvalue weighted by molar-refractivity contribution is 1.53. The Balaban J connectivity index is 3.50. The highest BCUT2D eigenvalue weighted by Gasteiger charge is 1.80. The van der Waals surface area contributed by atoms with Crippen LogP contribution in [0.1, 0.15) is 6.92 Å². The van der Waals surface area contributed by atoms with E-state index in [1.165, 1.54) is 11.8 Å². The van der Waals surface area contributed by atoms with Crippen LogP contribution in [0.2, 0.25) is 0 Å². The number of nitriles is 1. The molecule has 0 saturated carbocycles. The number of thiocyanates is 1. The summed E-state index contributed by atoms with van der Waals surface area (Å²) < 4.78 is 0. The van der Waals surface area contributed by atoms with Gasteiger partial charge in [-0.25, -0.2) is 0 Å². The van der Waals surface area contributed by atoms with Crippen LogP contribution in [0.15, 0.2) is 11.6 Å². The zero-order valence-electron chi connectivity index (χ0n) is 5.22. The van der Waals surface area contributed by atoms with Gasteiger partial charge in [-0.15, -0.1) is 6.42 Å². The van der Waals surface area contributed by atoms with Gasteiger partial charge in [-0.2, -0.15) is 5.26 Å². The van der Waals surface area contributed by atoms with Crippen molar-refractivity contribution in [2.24, 2.45) is 0 Å². The Hall–Kier alpha value is -0.860. The van der Waals surface area contributed by atoms with Crippen molar-refractivity contribution in [2.75, 3.05) is 5.75 Å². The smallest absolute Gasteiger partial charge is 0.133 e. The summed E-state index contributed by atoms with van der Waals surface area (Å²) in [4.78, 5) is 0. The Labute approximate surface area is 59.8 Å². The van der Waals surface area contributed by atoms with E-state index >= 15 is 0 Å². The molecule has 0 fully saturated rings. The fourth-order valence-electron chi connectivity index (χ4n) is 0.263. The molecule has 0 radical (unpaired) electrons. The Morgan fingerprint density at radius 1 is 1.89 bits per heavy atom. The molecule has 0 aliphatic rings. The van der Waals surface area contributed by atoms with Crippen molar-refractivity contribution in [3.05, 3.63) is 11.6 Å². The second-order valence-electron chi connectivity index (χ2n) is 1.43. The van der Waals surface area contributed by atoms with Crippen LogP contribution in [0.3, 0.4) is 0 Å². The fraction of sp³-hybridized carbons (Fsp3) is 0.286. The van der Waals surface area contributed by atoms with Crippen molar-refractivity contribution >= 4 is 11.8 Å². The van der Waals surface area contributed by atoms with Gasteiger partial charge in [-0.3, -0.25) is 0 Å². The number of hydrogen-bond acceptors (Lipinski definition) is 2. The van der Waals surface area contributed by atoms with Gasteiger partial charge in [0.15, 0.2) is 0 Å². The first kappa shape index (κ1) is 8.14. The molecule has 0 aliphatic heterocycles. The standard InChI is InChI=1S/C7H7NS/c1-3-7(2)4-5-9-6-8/h1,4H,5H2,2H3/b7-4+. The average Bonchev–Trinajstić information content (AvgIpc) is 1.89. The Kier molecular flexibility index (Phi) is 4.78. The van der Waals surface area contributed by atoms with Gasteiger partial charge in [0.05, 0.1) is 0 Å². The summed E-state index contributed by atoms with van der Waals surface area (Å²) >= 11 is 1.19. The molecule has 0 spiro atoms. The van der Waals surface area contributed by atoms with E-state index in [2.05, 4.69) is 5.92 Å². The van der Waals surface area contributed by atoms with Gasteiger partial charge < -0.3 is 0 Å². The predicted octanol–water partition coefficient (Wildman–Crippen LogP) is 1.78.